The minimum Gasteiger partial charge on any atom is -0.312 e. The lowest BCUT2D eigenvalue weighted by molar-refractivity contribution is 0.323. The fourth-order valence-corrected chi connectivity index (χ4v) is 3.12. The Morgan fingerprint density at radius 2 is 2.26 bits per heavy atom. The topological polar surface area (TPSA) is 15.3 Å². The molecule has 0 radical (unpaired) electrons. The van der Waals surface area contributed by atoms with Gasteiger partial charge in [-0.15, -0.1) is 17.9 Å². The molecule has 0 fully saturated rings. The number of hydrogen-bond donors (Lipinski definition) is 1. The summed E-state index contributed by atoms with van der Waals surface area (Å²) in [5.74, 6) is 0. The monoisotopic (exact) mass is 280 g/mol. The Hall–Kier alpha value is -0.640. The van der Waals surface area contributed by atoms with Crippen LogP contribution < -0.4 is 5.32 Å². The summed E-state index contributed by atoms with van der Waals surface area (Å²) in [5, 5.41) is 3.47. The highest BCUT2D eigenvalue weighted by atomic mass is 32.1. The Labute approximate surface area is 122 Å². The van der Waals surface area contributed by atoms with E-state index < -0.39 is 0 Å². The van der Waals surface area contributed by atoms with Gasteiger partial charge < -0.3 is 10.2 Å². The zero-order valence-electron chi connectivity index (χ0n) is 12.7. The molecular weight excluding hydrogens is 252 g/mol. The summed E-state index contributed by atoms with van der Waals surface area (Å²) in [6.45, 7) is 12.5. The van der Waals surface area contributed by atoms with Crippen molar-refractivity contribution < 1.29 is 0 Å². The maximum atomic E-state index is 3.77. The molecule has 0 unspecified atom stereocenters. The van der Waals surface area contributed by atoms with Crippen molar-refractivity contribution in [1.29, 1.82) is 0 Å². The van der Waals surface area contributed by atoms with Crippen molar-refractivity contribution in [3.05, 3.63) is 34.0 Å². The second-order valence-corrected chi connectivity index (χ2v) is 6.48. The molecule has 0 aromatic carbocycles. The fourth-order valence-electron chi connectivity index (χ4n) is 2.10. The molecule has 3 heteroatoms. The molecule has 19 heavy (non-hydrogen) atoms. The number of aryl methyl sites for hydroxylation is 1. The largest absolute Gasteiger partial charge is 0.312 e. The lowest BCUT2D eigenvalue weighted by atomic mass is 10.2. The summed E-state index contributed by atoms with van der Waals surface area (Å²) in [5.41, 5.74) is 1.49. The quantitative estimate of drug-likeness (QED) is 0.515. The molecule has 0 saturated heterocycles. The first-order chi connectivity index (χ1) is 9.17. The molecule has 1 aromatic rings. The third kappa shape index (κ3) is 6.37. The SMILES string of the molecule is C=CCCCN(C)Cc1cc(CNCCC)sc1C. The van der Waals surface area contributed by atoms with E-state index in [1.165, 1.54) is 28.2 Å². The first kappa shape index (κ1) is 16.4. The Morgan fingerprint density at radius 3 is 2.95 bits per heavy atom. The molecule has 0 aliphatic rings. The lowest BCUT2D eigenvalue weighted by Gasteiger charge is -2.15. The van der Waals surface area contributed by atoms with E-state index in [4.69, 9.17) is 0 Å². The number of unbranched alkanes of at least 4 members (excludes halogenated alkanes) is 1. The van der Waals surface area contributed by atoms with E-state index in [-0.39, 0.29) is 0 Å². The van der Waals surface area contributed by atoms with Gasteiger partial charge in [0.05, 0.1) is 0 Å². The summed E-state index contributed by atoms with van der Waals surface area (Å²) in [4.78, 5) is 5.33. The van der Waals surface area contributed by atoms with Crippen molar-refractivity contribution in [2.75, 3.05) is 20.1 Å². The Kier molecular flexibility index (Phi) is 8.03. The second-order valence-electron chi connectivity index (χ2n) is 5.14. The van der Waals surface area contributed by atoms with Gasteiger partial charge in [-0.2, -0.15) is 0 Å². The minimum atomic E-state index is 1.01. The Bertz CT molecular complexity index is 371. The normalized spacial score (nSPS) is 11.2. The third-order valence-electron chi connectivity index (χ3n) is 3.19. The summed E-state index contributed by atoms with van der Waals surface area (Å²) >= 11 is 1.93. The standard InChI is InChI=1S/C16H28N2S/c1-5-7-8-10-18(4)13-15-11-16(19-14(15)3)12-17-9-6-2/h5,11,17H,1,6-10,12-13H2,2-4H3. The van der Waals surface area contributed by atoms with Crippen LogP contribution in [0.4, 0.5) is 0 Å². The van der Waals surface area contributed by atoms with Crippen molar-refractivity contribution >= 4 is 11.3 Å². The van der Waals surface area contributed by atoms with Gasteiger partial charge in [-0.1, -0.05) is 13.0 Å². The highest BCUT2D eigenvalue weighted by molar-refractivity contribution is 7.12. The first-order valence-electron chi connectivity index (χ1n) is 7.25. The van der Waals surface area contributed by atoms with E-state index in [0.717, 1.165) is 32.6 Å². The molecule has 2 nitrogen and oxygen atoms in total. The molecule has 1 aromatic heterocycles. The molecule has 1 rings (SSSR count). The van der Waals surface area contributed by atoms with Gasteiger partial charge in [-0.3, -0.25) is 0 Å². The van der Waals surface area contributed by atoms with Gasteiger partial charge in [0.15, 0.2) is 0 Å². The van der Waals surface area contributed by atoms with E-state index in [9.17, 15) is 0 Å². The highest BCUT2D eigenvalue weighted by Crippen LogP contribution is 2.22. The van der Waals surface area contributed by atoms with Gasteiger partial charge >= 0.3 is 0 Å². The van der Waals surface area contributed by atoms with Gasteiger partial charge in [0.25, 0.3) is 0 Å². The number of rotatable bonds is 10. The molecule has 1 heterocycles. The van der Waals surface area contributed by atoms with Crippen LogP contribution in [0.5, 0.6) is 0 Å². The molecule has 0 amide bonds. The van der Waals surface area contributed by atoms with E-state index >= 15 is 0 Å². The molecule has 0 atom stereocenters. The summed E-state index contributed by atoms with van der Waals surface area (Å²) in [7, 11) is 2.20. The van der Waals surface area contributed by atoms with E-state index in [1.807, 2.05) is 17.4 Å². The highest BCUT2D eigenvalue weighted by Gasteiger charge is 2.07. The smallest absolute Gasteiger partial charge is 0.0299 e. The maximum Gasteiger partial charge on any atom is 0.0299 e. The Balaban J connectivity index is 2.42. The summed E-state index contributed by atoms with van der Waals surface area (Å²) < 4.78 is 0. The van der Waals surface area contributed by atoms with E-state index in [1.54, 1.807) is 0 Å². The van der Waals surface area contributed by atoms with Crippen molar-refractivity contribution in [2.45, 2.75) is 46.2 Å². The molecule has 1 N–H and O–H groups in total. The van der Waals surface area contributed by atoms with E-state index in [2.05, 4.69) is 43.8 Å². The number of thiophene rings is 1. The lowest BCUT2D eigenvalue weighted by Crippen LogP contribution is -2.19. The van der Waals surface area contributed by atoms with Gasteiger partial charge in [0.2, 0.25) is 0 Å². The van der Waals surface area contributed by atoms with Crippen molar-refractivity contribution in [3.63, 3.8) is 0 Å². The van der Waals surface area contributed by atoms with Gasteiger partial charge in [0, 0.05) is 22.8 Å². The molecule has 0 bridgehead atoms. The number of nitrogens with one attached hydrogen (secondary N) is 1. The zero-order chi connectivity index (χ0) is 14.1. The Morgan fingerprint density at radius 1 is 1.47 bits per heavy atom. The van der Waals surface area contributed by atoms with Crippen LogP contribution in [-0.2, 0) is 13.1 Å². The van der Waals surface area contributed by atoms with Gasteiger partial charge in [0.1, 0.15) is 0 Å². The summed E-state index contributed by atoms with van der Waals surface area (Å²) in [6, 6.07) is 2.37. The van der Waals surface area contributed by atoms with Crippen LogP contribution in [0.25, 0.3) is 0 Å². The summed E-state index contributed by atoms with van der Waals surface area (Å²) in [6.07, 6.45) is 5.51. The predicted molar refractivity (Wildman–Crippen MR) is 86.8 cm³/mol. The molecule has 108 valence electrons. The van der Waals surface area contributed by atoms with Crippen LogP contribution in [0.15, 0.2) is 18.7 Å². The van der Waals surface area contributed by atoms with Crippen LogP contribution in [-0.4, -0.2) is 25.0 Å². The van der Waals surface area contributed by atoms with Crippen LogP contribution >= 0.6 is 11.3 Å². The average molecular weight is 280 g/mol. The average Bonchev–Trinajstić information content (AvgIpc) is 2.71. The third-order valence-corrected chi connectivity index (χ3v) is 4.28. The number of hydrogen-bond acceptors (Lipinski definition) is 3. The van der Waals surface area contributed by atoms with Crippen LogP contribution in [0.1, 0.15) is 41.5 Å². The number of nitrogens with zero attached hydrogens (tertiary/aromatic N) is 1. The number of allylic oxidation sites excluding steroid dienone is 1. The maximum absolute atomic E-state index is 3.77. The zero-order valence-corrected chi connectivity index (χ0v) is 13.5. The minimum absolute atomic E-state index is 1.01. The van der Waals surface area contributed by atoms with Crippen LogP contribution in [0, 0.1) is 6.92 Å². The second kappa shape index (κ2) is 9.29. The molecule has 0 saturated carbocycles. The van der Waals surface area contributed by atoms with E-state index in [0.29, 0.717) is 0 Å². The van der Waals surface area contributed by atoms with Crippen LogP contribution in [0.3, 0.4) is 0 Å². The fraction of sp³-hybridized carbons (Fsp3) is 0.625. The van der Waals surface area contributed by atoms with Crippen molar-refractivity contribution in [2.24, 2.45) is 0 Å². The van der Waals surface area contributed by atoms with Gasteiger partial charge in [-0.25, -0.2) is 0 Å². The van der Waals surface area contributed by atoms with Crippen molar-refractivity contribution in [3.8, 4) is 0 Å². The molecule has 0 aliphatic heterocycles. The molecular formula is C16H28N2S. The van der Waals surface area contributed by atoms with Crippen LogP contribution in [0.2, 0.25) is 0 Å². The molecule has 0 spiro atoms. The molecule has 0 aliphatic carbocycles. The predicted octanol–water partition coefficient (Wildman–Crippen LogP) is 3.95. The van der Waals surface area contributed by atoms with Crippen molar-refractivity contribution in [1.82, 2.24) is 10.2 Å². The van der Waals surface area contributed by atoms with Gasteiger partial charge in [-0.05, 0) is 58.0 Å². The first-order valence-corrected chi connectivity index (χ1v) is 8.07.